The molecule has 0 aliphatic rings. The fourth-order valence-corrected chi connectivity index (χ4v) is 1.19. The van der Waals surface area contributed by atoms with Gasteiger partial charge < -0.3 is 20.3 Å². The lowest BCUT2D eigenvalue weighted by Crippen LogP contribution is -2.23. The van der Waals surface area contributed by atoms with Crippen LogP contribution < -0.4 is 10.1 Å². The second kappa shape index (κ2) is 6.58. The van der Waals surface area contributed by atoms with E-state index in [1.54, 1.807) is 0 Å². The molecule has 0 aliphatic carbocycles. The number of ether oxygens (including phenoxy) is 1. The van der Waals surface area contributed by atoms with Crippen LogP contribution in [-0.2, 0) is 0 Å². The van der Waals surface area contributed by atoms with E-state index in [0.29, 0.717) is 0 Å². The van der Waals surface area contributed by atoms with Gasteiger partial charge in [0, 0.05) is 18.3 Å². The number of hydrogen-bond acceptors (Lipinski definition) is 4. The Hall–Kier alpha value is -1.54. The number of nitrogens with one attached hydrogen (secondary N) is 1. The molecule has 1 unspecified atom stereocenters. The average Bonchev–Trinajstić information content (AvgIpc) is 2.33. The summed E-state index contributed by atoms with van der Waals surface area (Å²) < 4.78 is 53.3. The summed E-state index contributed by atoms with van der Waals surface area (Å²) in [7, 11) is 0. The third kappa shape index (κ3) is 5.75. The number of hydrogen-bond donors (Lipinski definition) is 3. The predicted octanol–water partition coefficient (Wildman–Crippen LogP) is 1.53. The monoisotopic (exact) mass is 283 g/mol. The first-order valence-electron chi connectivity index (χ1n) is 5.33. The van der Waals surface area contributed by atoms with Gasteiger partial charge in [0.15, 0.2) is 18.2 Å². The average molecular weight is 283 g/mol. The SMILES string of the molecule is OCC(O)CNc1ccc(OCC(F)(F)F)c(F)c1. The molecule has 3 N–H and O–H groups in total. The number of halogens is 4. The Morgan fingerprint density at radius 2 is 2.00 bits per heavy atom. The van der Waals surface area contributed by atoms with Crippen molar-refractivity contribution in [1.82, 2.24) is 0 Å². The van der Waals surface area contributed by atoms with Gasteiger partial charge in [-0.15, -0.1) is 0 Å². The summed E-state index contributed by atoms with van der Waals surface area (Å²) in [6.07, 6.45) is -5.54. The molecule has 108 valence electrons. The van der Waals surface area contributed by atoms with E-state index in [0.717, 1.165) is 12.1 Å². The second-order valence-corrected chi connectivity index (χ2v) is 3.77. The van der Waals surface area contributed by atoms with Gasteiger partial charge in [-0.2, -0.15) is 13.2 Å². The van der Waals surface area contributed by atoms with Crippen LogP contribution in [0.25, 0.3) is 0 Å². The second-order valence-electron chi connectivity index (χ2n) is 3.77. The van der Waals surface area contributed by atoms with Gasteiger partial charge in [-0.3, -0.25) is 0 Å². The van der Waals surface area contributed by atoms with E-state index in [9.17, 15) is 17.6 Å². The molecular formula is C11H13F4NO3. The summed E-state index contributed by atoms with van der Waals surface area (Å²) in [6.45, 7) is -2.04. The number of aliphatic hydroxyl groups is 2. The maximum atomic E-state index is 13.4. The highest BCUT2D eigenvalue weighted by molar-refractivity contribution is 5.47. The van der Waals surface area contributed by atoms with Gasteiger partial charge in [0.2, 0.25) is 0 Å². The fraction of sp³-hybridized carbons (Fsp3) is 0.455. The first kappa shape index (κ1) is 15.5. The fourth-order valence-electron chi connectivity index (χ4n) is 1.19. The summed E-state index contributed by atoms with van der Waals surface area (Å²) in [5, 5.41) is 20.2. The Balaban J connectivity index is 2.59. The van der Waals surface area contributed by atoms with Crippen molar-refractivity contribution < 1.29 is 32.5 Å². The van der Waals surface area contributed by atoms with Crippen LogP contribution in [0.5, 0.6) is 5.75 Å². The van der Waals surface area contributed by atoms with Crippen LogP contribution in [0.2, 0.25) is 0 Å². The van der Waals surface area contributed by atoms with Crippen molar-refractivity contribution in [2.75, 3.05) is 25.1 Å². The topological polar surface area (TPSA) is 61.7 Å². The highest BCUT2D eigenvalue weighted by Gasteiger charge is 2.28. The zero-order valence-corrected chi connectivity index (χ0v) is 9.75. The molecular weight excluding hydrogens is 270 g/mol. The van der Waals surface area contributed by atoms with E-state index in [1.807, 2.05) is 0 Å². The van der Waals surface area contributed by atoms with Gasteiger partial charge in [-0.05, 0) is 12.1 Å². The minimum absolute atomic E-state index is 0.0152. The number of rotatable bonds is 6. The minimum Gasteiger partial charge on any atom is -0.481 e. The van der Waals surface area contributed by atoms with Crippen LogP contribution in [0.3, 0.4) is 0 Å². The van der Waals surface area contributed by atoms with E-state index in [4.69, 9.17) is 10.2 Å². The van der Waals surface area contributed by atoms with E-state index in [1.165, 1.54) is 6.07 Å². The normalized spacial score (nSPS) is 13.2. The standard InChI is InChI=1S/C11H13F4NO3/c12-9-3-7(16-4-8(18)5-17)1-2-10(9)19-6-11(13,14)15/h1-3,8,16-18H,4-6H2. The number of aliphatic hydroxyl groups excluding tert-OH is 2. The van der Waals surface area contributed by atoms with Crippen molar-refractivity contribution >= 4 is 5.69 Å². The van der Waals surface area contributed by atoms with Crippen LogP contribution in [0.4, 0.5) is 23.2 Å². The van der Waals surface area contributed by atoms with E-state index >= 15 is 0 Å². The molecule has 0 spiro atoms. The number of alkyl halides is 3. The van der Waals surface area contributed by atoms with Gasteiger partial charge in [0.25, 0.3) is 0 Å². The van der Waals surface area contributed by atoms with Gasteiger partial charge in [-0.1, -0.05) is 0 Å². The zero-order chi connectivity index (χ0) is 14.5. The van der Waals surface area contributed by atoms with Crippen molar-refractivity contribution in [1.29, 1.82) is 0 Å². The van der Waals surface area contributed by atoms with Crippen LogP contribution in [0.1, 0.15) is 0 Å². The molecule has 0 radical (unpaired) electrons. The van der Waals surface area contributed by atoms with Crippen molar-refractivity contribution in [3.8, 4) is 5.75 Å². The Labute approximate surface area is 106 Å². The summed E-state index contributed by atoms with van der Waals surface area (Å²) >= 11 is 0. The largest absolute Gasteiger partial charge is 0.481 e. The molecule has 0 saturated carbocycles. The zero-order valence-electron chi connectivity index (χ0n) is 9.75. The van der Waals surface area contributed by atoms with Gasteiger partial charge in [-0.25, -0.2) is 4.39 Å². The number of anilines is 1. The van der Waals surface area contributed by atoms with Crippen molar-refractivity contribution in [2.24, 2.45) is 0 Å². The van der Waals surface area contributed by atoms with Crippen LogP contribution in [-0.4, -0.2) is 42.3 Å². The van der Waals surface area contributed by atoms with Crippen molar-refractivity contribution in [2.45, 2.75) is 12.3 Å². The molecule has 0 aromatic heterocycles. The molecule has 4 nitrogen and oxygen atoms in total. The Morgan fingerprint density at radius 3 is 2.53 bits per heavy atom. The summed E-state index contributed by atoms with van der Waals surface area (Å²) in [6, 6.07) is 3.30. The molecule has 0 amide bonds. The lowest BCUT2D eigenvalue weighted by atomic mass is 10.2. The molecule has 0 heterocycles. The molecule has 1 atom stereocenters. The molecule has 0 saturated heterocycles. The maximum absolute atomic E-state index is 13.4. The minimum atomic E-state index is -4.53. The highest BCUT2D eigenvalue weighted by Crippen LogP contribution is 2.23. The quantitative estimate of drug-likeness (QED) is 0.693. The van der Waals surface area contributed by atoms with E-state index < -0.39 is 37.1 Å². The van der Waals surface area contributed by atoms with Gasteiger partial charge in [0.05, 0.1) is 12.7 Å². The molecule has 0 aliphatic heterocycles. The Bertz CT molecular complexity index is 411. The first-order chi connectivity index (χ1) is 8.81. The summed E-state index contributed by atoms with van der Waals surface area (Å²) in [5.41, 5.74) is 0.254. The van der Waals surface area contributed by atoms with Crippen molar-refractivity contribution in [3.63, 3.8) is 0 Å². The smallest absolute Gasteiger partial charge is 0.422 e. The van der Waals surface area contributed by atoms with Crippen LogP contribution in [0, 0.1) is 5.82 Å². The van der Waals surface area contributed by atoms with E-state index in [-0.39, 0.29) is 12.2 Å². The Kier molecular flexibility index (Phi) is 5.37. The van der Waals surface area contributed by atoms with Crippen LogP contribution in [0.15, 0.2) is 18.2 Å². The Morgan fingerprint density at radius 1 is 1.32 bits per heavy atom. The summed E-state index contributed by atoms with van der Waals surface area (Å²) in [5.74, 6) is -1.46. The molecule has 1 rings (SSSR count). The van der Waals surface area contributed by atoms with Crippen LogP contribution >= 0.6 is 0 Å². The molecule has 1 aromatic rings. The van der Waals surface area contributed by atoms with Gasteiger partial charge >= 0.3 is 6.18 Å². The lowest BCUT2D eigenvalue weighted by molar-refractivity contribution is -0.153. The third-order valence-electron chi connectivity index (χ3n) is 2.08. The third-order valence-corrected chi connectivity index (χ3v) is 2.08. The van der Waals surface area contributed by atoms with Gasteiger partial charge in [0.1, 0.15) is 0 Å². The summed E-state index contributed by atoms with van der Waals surface area (Å²) in [4.78, 5) is 0. The molecule has 8 heteroatoms. The lowest BCUT2D eigenvalue weighted by Gasteiger charge is -2.13. The highest BCUT2D eigenvalue weighted by atomic mass is 19.4. The molecule has 1 aromatic carbocycles. The molecule has 0 bridgehead atoms. The first-order valence-corrected chi connectivity index (χ1v) is 5.33. The number of benzene rings is 1. The molecule has 0 fully saturated rings. The van der Waals surface area contributed by atoms with E-state index in [2.05, 4.69) is 10.1 Å². The maximum Gasteiger partial charge on any atom is 0.422 e. The molecule has 19 heavy (non-hydrogen) atoms. The van der Waals surface area contributed by atoms with Crippen molar-refractivity contribution in [3.05, 3.63) is 24.0 Å². The predicted molar refractivity (Wildman–Crippen MR) is 59.5 cm³/mol.